The van der Waals surface area contributed by atoms with Gasteiger partial charge in [-0.3, -0.25) is 4.79 Å². The summed E-state index contributed by atoms with van der Waals surface area (Å²) < 4.78 is 0. The Balaban J connectivity index is 1.92. The normalized spacial score (nSPS) is 11.1. The van der Waals surface area contributed by atoms with Crippen LogP contribution in [0.4, 0.5) is 5.69 Å². The highest BCUT2D eigenvalue weighted by atomic mass is 32.1. The van der Waals surface area contributed by atoms with Crippen LogP contribution in [0, 0.1) is 6.92 Å². The number of hydrogen-bond acceptors (Lipinski definition) is 4. The van der Waals surface area contributed by atoms with Gasteiger partial charge in [0, 0.05) is 10.6 Å². The van der Waals surface area contributed by atoms with E-state index in [1.165, 1.54) is 0 Å². The number of amides is 1. The van der Waals surface area contributed by atoms with E-state index in [4.69, 9.17) is 4.84 Å². The zero-order valence-electron chi connectivity index (χ0n) is 13.0. The Labute approximate surface area is 134 Å². The fourth-order valence-electron chi connectivity index (χ4n) is 2.07. The van der Waals surface area contributed by atoms with Crippen molar-refractivity contribution in [1.82, 2.24) is 0 Å². The number of carbonyl (C=O) groups excluding carboxylic acids is 1. The first-order chi connectivity index (χ1) is 10.6. The maximum Gasteiger partial charge on any atom is 0.265 e. The molecule has 116 valence electrons. The summed E-state index contributed by atoms with van der Waals surface area (Å²) in [6.45, 7) is 6.09. The summed E-state index contributed by atoms with van der Waals surface area (Å²) in [6.07, 6.45) is 1.60. The molecule has 2 rings (SSSR count). The van der Waals surface area contributed by atoms with Gasteiger partial charge in [0.2, 0.25) is 0 Å². The molecule has 0 spiro atoms. The van der Waals surface area contributed by atoms with Crippen LogP contribution in [0.1, 0.15) is 35.8 Å². The van der Waals surface area contributed by atoms with Crippen LogP contribution in [0.15, 0.2) is 40.9 Å². The lowest BCUT2D eigenvalue weighted by Crippen LogP contribution is -2.19. The maximum atomic E-state index is 12.0. The zero-order chi connectivity index (χ0) is 15.9. The van der Waals surface area contributed by atoms with E-state index in [0.29, 0.717) is 5.92 Å². The van der Waals surface area contributed by atoms with E-state index in [2.05, 4.69) is 24.3 Å². The summed E-state index contributed by atoms with van der Waals surface area (Å²) in [5.74, 6) is 0.132. The molecular weight excluding hydrogens is 296 g/mol. The van der Waals surface area contributed by atoms with Crippen molar-refractivity contribution in [3.8, 4) is 0 Å². The predicted octanol–water partition coefficient (Wildman–Crippen LogP) is 4.17. The molecule has 1 N–H and O–H groups in total. The molecule has 0 bridgehead atoms. The minimum atomic E-state index is -0.209. The summed E-state index contributed by atoms with van der Waals surface area (Å²) >= 11 is 1.56. The van der Waals surface area contributed by atoms with Crippen molar-refractivity contribution in [3.05, 3.63) is 51.7 Å². The second-order valence-electron chi connectivity index (χ2n) is 5.27. The molecule has 0 fully saturated rings. The fraction of sp³-hybridized carbons (Fsp3) is 0.294. The number of carbonyl (C=O) groups is 1. The molecule has 22 heavy (non-hydrogen) atoms. The summed E-state index contributed by atoms with van der Waals surface area (Å²) in [5, 5.41) is 8.68. The van der Waals surface area contributed by atoms with Crippen LogP contribution in [0.5, 0.6) is 0 Å². The van der Waals surface area contributed by atoms with Crippen LogP contribution in [0.25, 0.3) is 0 Å². The summed E-state index contributed by atoms with van der Waals surface area (Å²) in [7, 11) is 0. The van der Waals surface area contributed by atoms with E-state index in [1.807, 2.05) is 42.6 Å². The van der Waals surface area contributed by atoms with Gasteiger partial charge < -0.3 is 10.2 Å². The number of anilines is 1. The Morgan fingerprint density at radius 1 is 1.36 bits per heavy atom. The van der Waals surface area contributed by atoms with Gasteiger partial charge in [-0.05, 0) is 35.4 Å². The minimum Gasteiger partial charge on any atom is -0.386 e. The van der Waals surface area contributed by atoms with Gasteiger partial charge in [-0.2, -0.15) is 0 Å². The van der Waals surface area contributed by atoms with E-state index in [0.717, 1.165) is 21.7 Å². The lowest BCUT2D eigenvalue weighted by Gasteiger charge is -2.16. The Morgan fingerprint density at radius 3 is 2.86 bits per heavy atom. The molecule has 2 aromatic rings. The van der Waals surface area contributed by atoms with Gasteiger partial charge in [-0.25, -0.2) is 0 Å². The predicted molar refractivity (Wildman–Crippen MR) is 91.8 cm³/mol. The third-order valence-electron chi connectivity index (χ3n) is 3.18. The molecule has 1 amide bonds. The smallest absolute Gasteiger partial charge is 0.265 e. The van der Waals surface area contributed by atoms with Crippen LogP contribution < -0.4 is 5.32 Å². The second-order valence-corrected chi connectivity index (χ2v) is 6.24. The number of rotatable bonds is 6. The maximum absolute atomic E-state index is 12.0. The topological polar surface area (TPSA) is 50.7 Å². The van der Waals surface area contributed by atoms with Crippen molar-refractivity contribution in [2.24, 2.45) is 5.16 Å². The summed E-state index contributed by atoms with van der Waals surface area (Å²) in [6, 6.07) is 9.88. The lowest BCUT2D eigenvalue weighted by atomic mass is 9.98. The van der Waals surface area contributed by atoms with Crippen LogP contribution >= 0.6 is 11.3 Å². The largest absolute Gasteiger partial charge is 0.386 e. The molecule has 0 unspecified atom stereocenters. The summed E-state index contributed by atoms with van der Waals surface area (Å²) in [4.78, 5) is 18.0. The molecule has 0 aliphatic heterocycles. The van der Waals surface area contributed by atoms with Gasteiger partial charge in [0.15, 0.2) is 6.61 Å². The molecule has 0 saturated heterocycles. The SMILES string of the molecule is Cc1cccc(C(C)C)c1NC(=O)CO/N=C/c1cccs1. The van der Waals surface area contributed by atoms with E-state index in [-0.39, 0.29) is 12.5 Å². The van der Waals surface area contributed by atoms with Crippen LogP contribution in [0.2, 0.25) is 0 Å². The lowest BCUT2D eigenvalue weighted by molar-refractivity contribution is -0.120. The highest BCUT2D eigenvalue weighted by Gasteiger charge is 2.12. The molecule has 0 radical (unpaired) electrons. The number of hydrogen-bond donors (Lipinski definition) is 1. The quantitative estimate of drug-likeness (QED) is 0.642. The number of oxime groups is 1. The summed E-state index contributed by atoms with van der Waals surface area (Å²) in [5.41, 5.74) is 3.03. The van der Waals surface area contributed by atoms with E-state index < -0.39 is 0 Å². The van der Waals surface area contributed by atoms with Gasteiger partial charge in [-0.1, -0.05) is 43.3 Å². The molecule has 1 aromatic heterocycles. The second kappa shape index (κ2) is 7.75. The molecular formula is C17H20N2O2S. The molecule has 1 heterocycles. The van der Waals surface area contributed by atoms with Crippen molar-refractivity contribution >= 4 is 29.1 Å². The van der Waals surface area contributed by atoms with Crippen LogP contribution in [0.3, 0.4) is 0 Å². The molecule has 5 heteroatoms. The van der Waals surface area contributed by atoms with Gasteiger partial charge in [0.1, 0.15) is 0 Å². The first-order valence-corrected chi connectivity index (χ1v) is 8.04. The number of benzene rings is 1. The van der Waals surface area contributed by atoms with Gasteiger partial charge in [-0.15, -0.1) is 11.3 Å². The third kappa shape index (κ3) is 4.43. The van der Waals surface area contributed by atoms with Gasteiger partial charge in [0.25, 0.3) is 5.91 Å². The van der Waals surface area contributed by atoms with Crippen molar-refractivity contribution in [2.75, 3.05) is 11.9 Å². The van der Waals surface area contributed by atoms with E-state index in [9.17, 15) is 4.79 Å². The Kier molecular flexibility index (Phi) is 5.72. The number of thiophene rings is 1. The van der Waals surface area contributed by atoms with Crippen molar-refractivity contribution in [2.45, 2.75) is 26.7 Å². The van der Waals surface area contributed by atoms with Crippen LogP contribution in [-0.4, -0.2) is 18.7 Å². The Morgan fingerprint density at radius 2 is 2.18 bits per heavy atom. The monoisotopic (exact) mass is 316 g/mol. The number of nitrogens with one attached hydrogen (secondary N) is 1. The number of nitrogens with zero attached hydrogens (tertiary/aromatic N) is 1. The Bertz CT molecular complexity index is 649. The van der Waals surface area contributed by atoms with E-state index in [1.54, 1.807) is 17.6 Å². The average Bonchev–Trinajstić information content (AvgIpc) is 2.99. The van der Waals surface area contributed by atoms with Gasteiger partial charge >= 0.3 is 0 Å². The van der Waals surface area contributed by atoms with Crippen molar-refractivity contribution in [3.63, 3.8) is 0 Å². The van der Waals surface area contributed by atoms with E-state index >= 15 is 0 Å². The Hall–Kier alpha value is -2.14. The molecule has 1 aromatic carbocycles. The van der Waals surface area contributed by atoms with Crippen molar-refractivity contribution < 1.29 is 9.63 Å². The van der Waals surface area contributed by atoms with Gasteiger partial charge in [0.05, 0.1) is 6.21 Å². The molecule has 0 aliphatic rings. The minimum absolute atomic E-state index is 0.103. The highest BCUT2D eigenvalue weighted by molar-refractivity contribution is 7.11. The fourth-order valence-corrected chi connectivity index (χ4v) is 2.64. The first kappa shape index (κ1) is 16.2. The average molecular weight is 316 g/mol. The van der Waals surface area contributed by atoms with Crippen LogP contribution in [-0.2, 0) is 9.63 Å². The number of para-hydroxylation sites is 1. The standard InChI is InChI=1S/C17H20N2O2S/c1-12(2)15-8-4-6-13(3)17(15)19-16(20)11-21-18-10-14-7-5-9-22-14/h4-10,12H,11H2,1-3H3,(H,19,20)/b18-10+. The highest BCUT2D eigenvalue weighted by Crippen LogP contribution is 2.27. The molecule has 0 atom stereocenters. The molecule has 0 aliphatic carbocycles. The third-order valence-corrected chi connectivity index (χ3v) is 3.99. The van der Waals surface area contributed by atoms with Crippen molar-refractivity contribution in [1.29, 1.82) is 0 Å². The molecule has 4 nitrogen and oxygen atoms in total. The molecule has 0 saturated carbocycles. The number of aryl methyl sites for hydroxylation is 1. The zero-order valence-corrected chi connectivity index (χ0v) is 13.8. The first-order valence-electron chi connectivity index (χ1n) is 7.16.